The number of nitrogens with one attached hydrogen (secondary N) is 1. The monoisotopic (exact) mass is 148 g/mol. The molecule has 0 aromatic rings. The number of likely N-dealkylation sites (N-methyl/N-ethyl adjacent to an activating group) is 1. The third-order valence-electron chi connectivity index (χ3n) is 0.702. The Bertz CT molecular complexity index is 87.0. The van der Waals surface area contributed by atoms with E-state index in [9.17, 15) is 0 Å². The molecule has 9 heavy (non-hydrogen) atoms. The van der Waals surface area contributed by atoms with Gasteiger partial charge in [-0.05, 0) is 19.3 Å². The van der Waals surface area contributed by atoms with Crippen molar-refractivity contribution >= 4 is 17.3 Å². The van der Waals surface area contributed by atoms with Crippen LogP contribution < -0.4 is 11.1 Å². The van der Waals surface area contributed by atoms with Gasteiger partial charge < -0.3 is 15.8 Å². The maximum atomic E-state index is 5.17. The summed E-state index contributed by atoms with van der Waals surface area (Å²) in [6, 6.07) is 0. The van der Waals surface area contributed by atoms with Crippen LogP contribution in [0.4, 0.5) is 0 Å². The van der Waals surface area contributed by atoms with Gasteiger partial charge in [-0.2, -0.15) is 0 Å². The summed E-state index contributed by atoms with van der Waals surface area (Å²) in [7, 11) is 1.82. The largest absolute Gasteiger partial charge is 0.484 e. The van der Waals surface area contributed by atoms with Crippen LogP contribution >= 0.6 is 12.2 Å². The molecule has 0 rings (SSSR count). The minimum absolute atomic E-state index is 0.514. The van der Waals surface area contributed by atoms with Crippen molar-refractivity contribution in [3.05, 3.63) is 0 Å². The molecule has 0 fully saturated rings. The number of ether oxygens (including phenoxy) is 1. The third-order valence-corrected chi connectivity index (χ3v) is 0.964. The maximum Gasteiger partial charge on any atom is 0.173 e. The van der Waals surface area contributed by atoms with E-state index in [1.165, 1.54) is 0 Å². The smallest absolute Gasteiger partial charge is 0.173 e. The molecule has 0 aliphatic heterocycles. The van der Waals surface area contributed by atoms with Crippen LogP contribution in [0.2, 0.25) is 0 Å². The van der Waals surface area contributed by atoms with Crippen molar-refractivity contribution in [2.24, 2.45) is 5.73 Å². The van der Waals surface area contributed by atoms with Crippen molar-refractivity contribution in [3.63, 3.8) is 0 Å². The van der Waals surface area contributed by atoms with Crippen LogP contribution in [0.1, 0.15) is 0 Å². The zero-order chi connectivity index (χ0) is 7.11. The van der Waals surface area contributed by atoms with E-state index in [0.29, 0.717) is 24.7 Å². The van der Waals surface area contributed by atoms with Crippen LogP contribution in [0.15, 0.2) is 0 Å². The second-order valence-corrected chi connectivity index (χ2v) is 1.99. The lowest BCUT2D eigenvalue weighted by atomic mass is 10.6. The Kier molecular flexibility index (Phi) is 5.81. The SMILES string of the molecule is CNCC(=S)OCCN. The average Bonchev–Trinajstić information content (AvgIpc) is 1.85. The molecule has 0 aromatic heterocycles. The minimum atomic E-state index is 0.514. The highest BCUT2D eigenvalue weighted by atomic mass is 32.1. The Hall–Kier alpha value is -0.190. The summed E-state index contributed by atoms with van der Waals surface area (Å²) >= 11 is 4.78. The van der Waals surface area contributed by atoms with Gasteiger partial charge in [0.1, 0.15) is 6.61 Å². The molecule has 0 unspecified atom stereocenters. The van der Waals surface area contributed by atoms with E-state index in [0.717, 1.165) is 0 Å². The third kappa shape index (κ3) is 5.68. The zero-order valence-electron chi connectivity index (χ0n) is 5.52. The number of thiocarbonyl (C=S) groups is 1. The van der Waals surface area contributed by atoms with Crippen molar-refractivity contribution < 1.29 is 4.74 Å². The van der Waals surface area contributed by atoms with Crippen LogP contribution in [0.5, 0.6) is 0 Å². The van der Waals surface area contributed by atoms with Gasteiger partial charge in [0.2, 0.25) is 0 Å². The Morgan fingerprint density at radius 2 is 2.44 bits per heavy atom. The van der Waals surface area contributed by atoms with E-state index in [1.807, 2.05) is 7.05 Å². The summed E-state index contributed by atoms with van der Waals surface area (Å²) in [5.41, 5.74) is 5.17. The lowest BCUT2D eigenvalue weighted by molar-refractivity contribution is 0.317. The Morgan fingerprint density at radius 1 is 1.78 bits per heavy atom. The topological polar surface area (TPSA) is 47.3 Å². The Balaban J connectivity index is 3.06. The molecule has 0 radical (unpaired) electrons. The predicted octanol–water partition coefficient (Wildman–Crippen LogP) is -0.492. The van der Waals surface area contributed by atoms with Gasteiger partial charge in [-0.3, -0.25) is 0 Å². The molecule has 3 nitrogen and oxygen atoms in total. The van der Waals surface area contributed by atoms with Gasteiger partial charge in [-0.1, -0.05) is 0 Å². The highest BCUT2D eigenvalue weighted by Gasteiger charge is 1.91. The molecule has 0 spiro atoms. The average molecular weight is 148 g/mol. The lowest BCUT2D eigenvalue weighted by Crippen LogP contribution is -2.21. The molecule has 0 heterocycles. The van der Waals surface area contributed by atoms with Gasteiger partial charge in [-0.25, -0.2) is 0 Å². The van der Waals surface area contributed by atoms with Gasteiger partial charge in [0, 0.05) is 6.54 Å². The van der Waals surface area contributed by atoms with Crippen LogP contribution in [-0.4, -0.2) is 31.8 Å². The van der Waals surface area contributed by atoms with E-state index in [2.05, 4.69) is 5.32 Å². The molecule has 3 N–H and O–H groups in total. The highest BCUT2D eigenvalue weighted by Crippen LogP contribution is 1.77. The van der Waals surface area contributed by atoms with E-state index < -0.39 is 0 Å². The highest BCUT2D eigenvalue weighted by molar-refractivity contribution is 7.80. The summed E-state index contributed by atoms with van der Waals surface area (Å²) in [5, 5.41) is 3.44. The molecule has 0 aromatic carbocycles. The van der Waals surface area contributed by atoms with Crippen molar-refractivity contribution in [1.29, 1.82) is 0 Å². The molecule has 0 aliphatic carbocycles. The predicted molar refractivity (Wildman–Crippen MR) is 41.5 cm³/mol. The van der Waals surface area contributed by atoms with E-state index in [4.69, 9.17) is 22.7 Å². The molecule has 4 heteroatoms. The number of rotatable bonds is 4. The first kappa shape index (κ1) is 8.81. The van der Waals surface area contributed by atoms with Crippen LogP contribution in [0.3, 0.4) is 0 Å². The standard InChI is InChI=1S/C5H12N2OS/c1-7-4-5(9)8-3-2-6/h7H,2-4,6H2,1H3. The minimum Gasteiger partial charge on any atom is -0.484 e. The molecular weight excluding hydrogens is 136 g/mol. The molecule has 0 aliphatic rings. The second kappa shape index (κ2) is 5.94. The van der Waals surface area contributed by atoms with Crippen molar-refractivity contribution in [2.45, 2.75) is 0 Å². The van der Waals surface area contributed by atoms with Crippen molar-refractivity contribution in [1.82, 2.24) is 5.32 Å². The molecule has 54 valence electrons. The molecule has 0 saturated carbocycles. The maximum absolute atomic E-state index is 5.17. The quantitative estimate of drug-likeness (QED) is 0.528. The van der Waals surface area contributed by atoms with Crippen molar-refractivity contribution in [3.8, 4) is 0 Å². The molecule has 0 saturated heterocycles. The van der Waals surface area contributed by atoms with Crippen LogP contribution in [0.25, 0.3) is 0 Å². The second-order valence-electron chi connectivity index (χ2n) is 1.54. The van der Waals surface area contributed by atoms with Gasteiger partial charge >= 0.3 is 0 Å². The summed E-state index contributed by atoms with van der Waals surface area (Å²) in [5.74, 6) is 0. The summed E-state index contributed by atoms with van der Waals surface area (Å²) in [6.07, 6.45) is 0. The number of nitrogens with two attached hydrogens (primary N) is 1. The Labute approximate surface area is 60.6 Å². The summed E-state index contributed by atoms with van der Waals surface area (Å²) in [6.45, 7) is 1.65. The van der Waals surface area contributed by atoms with Gasteiger partial charge in [0.05, 0.1) is 6.54 Å². The molecule has 0 amide bonds. The zero-order valence-corrected chi connectivity index (χ0v) is 6.33. The normalized spacial score (nSPS) is 9.11. The molecule has 0 bridgehead atoms. The lowest BCUT2D eigenvalue weighted by Gasteiger charge is -2.03. The number of hydrogen-bond acceptors (Lipinski definition) is 4. The fourth-order valence-electron chi connectivity index (χ4n) is 0.368. The van der Waals surface area contributed by atoms with Gasteiger partial charge in [-0.15, -0.1) is 0 Å². The summed E-state index contributed by atoms with van der Waals surface area (Å²) in [4.78, 5) is 0. The van der Waals surface area contributed by atoms with E-state index >= 15 is 0 Å². The Morgan fingerprint density at radius 3 is 2.89 bits per heavy atom. The van der Waals surface area contributed by atoms with E-state index in [1.54, 1.807) is 0 Å². The fraction of sp³-hybridized carbons (Fsp3) is 0.800. The first-order valence-corrected chi connectivity index (χ1v) is 3.22. The first-order valence-electron chi connectivity index (χ1n) is 2.81. The number of hydrogen-bond donors (Lipinski definition) is 2. The van der Waals surface area contributed by atoms with Crippen molar-refractivity contribution in [2.75, 3.05) is 26.7 Å². The van der Waals surface area contributed by atoms with E-state index in [-0.39, 0.29) is 0 Å². The fourth-order valence-corrected chi connectivity index (χ4v) is 0.596. The van der Waals surface area contributed by atoms with Gasteiger partial charge in [0.15, 0.2) is 5.05 Å². The van der Waals surface area contributed by atoms with Crippen LogP contribution in [0, 0.1) is 0 Å². The summed E-state index contributed by atoms with van der Waals surface area (Å²) < 4.78 is 4.98. The first-order chi connectivity index (χ1) is 4.31. The van der Waals surface area contributed by atoms with Crippen LogP contribution in [-0.2, 0) is 4.74 Å². The van der Waals surface area contributed by atoms with Gasteiger partial charge in [0.25, 0.3) is 0 Å². The molecule has 0 atom stereocenters. The molecular formula is C5H12N2OS.